The number of benzene rings is 1. The highest BCUT2D eigenvalue weighted by molar-refractivity contribution is 5.82. The van der Waals surface area contributed by atoms with Crippen LogP contribution in [0.2, 0.25) is 0 Å². The van der Waals surface area contributed by atoms with Crippen molar-refractivity contribution < 1.29 is 78.9 Å². The van der Waals surface area contributed by atoms with Gasteiger partial charge in [0.1, 0.15) is 54.7 Å². The van der Waals surface area contributed by atoms with Gasteiger partial charge < -0.3 is 69.3 Å². The molecule has 2 fully saturated rings. The zero-order chi connectivity index (χ0) is 44.7. The highest BCUT2D eigenvalue weighted by Crippen LogP contribution is 2.51. The number of hydrogen-bond donors (Lipinski definition) is 8. The van der Waals surface area contributed by atoms with Crippen LogP contribution < -0.4 is 0 Å². The Labute approximate surface area is 355 Å². The molecular weight excluding hydrogens is 796 g/mol. The zero-order valence-corrected chi connectivity index (χ0v) is 34.8. The van der Waals surface area contributed by atoms with E-state index in [1.807, 2.05) is 26.0 Å². The smallest absolute Gasteiger partial charge is 0.331 e. The summed E-state index contributed by atoms with van der Waals surface area (Å²) in [6, 6.07) is 2.26. The van der Waals surface area contributed by atoms with Gasteiger partial charge in [-0.25, -0.2) is 9.59 Å². The lowest BCUT2D eigenvalue weighted by Gasteiger charge is -2.50. The van der Waals surface area contributed by atoms with E-state index in [1.54, 1.807) is 30.4 Å². The van der Waals surface area contributed by atoms with Crippen molar-refractivity contribution in [2.45, 2.75) is 127 Å². The van der Waals surface area contributed by atoms with Crippen molar-refractivity contribution in [3.05, 3.63) is 108 Å². The number of fused-ring (bicyclic) bond motifs is 2. The second kappa shape index (κ2) is 23.7. The topological polar surface area (TPSA) is 251 Å². The fourth-order valence-corrected chi connectivity index (χ4v) is 6.87. The van der Waals surface area contributed by atoms with E-state index in [1.165, 1.54) is 24.3 Å². The quantitative estimate of drug-likeness (QED) is 0.0566. The molecule has 3 aliphatic rings. The molecule has 2 saturated heterocycles. The van der Waals surface area contributed by atoms with Crippen LogP contribution >= 0.6 is 0 Å². The Morgan fingerprint density at radius 1 is 0.918 bits per heavy atom. The van der Waals surface area contributed by atoms with Crippen LogP contribution in [0, 0.1) is 5.92 Å². The Balaban J connectivity index is 1.53. The molecule has 3 heterocycles. The van der Waals surface area contributed by atoms with Crippen molar-refractivity contribution in [2.24, 2.45) is 5.92 Å². The molecule has 0 aromatic heterocycles. The fourth-order valence-electron chi connectivity index (χ4n) is 6.87. The molecular formula is C45H60O16. The first-order valence-corrected chi connectivity index (χ1v) is 20.4. The van der Waals surface area contributed by atoms with Gasteiger partial charge in [0.15, 0.2) is 18.5 Å². The molecule has 0 bridgehead atoms. The van der Waals surface area contributed by atoms with Crippen LogP contribution in [0.15, 0.2) is 96.7 Å². The lowest BCUT2D eigenvalue weighted by atomic mass is 9.86. The van der Waals surface area contributed by atoms with Gasteiger partial charge in [-0.05, 0) is 56.2 Å². The molecule has 0 unspecified atom stereocenters. The number of aliphatic hydroxyl groups is 6. The number of hydrogen-bond acceptors (Lipinski definition) is 16. The van der Waals surface area contributed by atoms with Crippen LogP contribution in [0.3, 0.4) is 0 Å². The Morgan fingerprint density at radius 3 is 2.36 bits per heavy atom. The Hall–Kier alpha value is -4.46. The van der Waals surface area contributed by atoms with Crippen molar-refractivity contribution in [1.29, 1.82) is 0 Å². The predicted octanol–water partition coefficient (Wildman–Crippen LogP) is 3.06. The van der Waals surface area contributed by atoms with E-state index in [4.69, 9.17) is 28.4 Å². The van der Waals surface area contributed by atoms with E-state index in [2.05, 4.69) is 19.9 Å². The molecule has 1 aromatic rings. The van der Waals surface area contributed by atoms with Crippen molar-refractivity contribution in [3.8, 4) is 11.5 Å². The van der Waals surface area contributed by atoms with E-state index >= 15 is 0 Å². The van der Waals surface area contributed by atoms with Gasteiger partial charge >= 0.3 is 11.9 Å². The van der Waals surface area contributed by atoms with Gasteiger partial charge in [0.25, 0.3) is 0 Å². The fraction of sp³-hybridized carbons (Fsp3) is 0.511. The van der Waals surface area contributed by atoms with Crippen LogP contribution in [-0.4, -0.2) is 127 Å². The maximum Gasteiger partial charge on any atom is 0.331 e. The summed E-state index contributed by atoms with van der Waals surface area (Å²) in [7, 11) is 0. The van der Waals surface area contributed by atoms with E-state index in [9.17, 15) is 50.4 Å². The van der Waals surface area contributed by atoms with Crippen molar-refractivity contribution in [3.63, 3.8) is 0 Å². The largest absolute Gasteiger partial charge is 0.508 e. The Bertz CT molecular complexity index is 1810. The second-order valence-corrected chi connectivity index (χ2v) is 15.1. The van der Waals surface area contributed by atoms with Gasteiger partial charge in [-0.1, -0.05) is 87.1 Å². The summed E-state index contributed by atoms with van der Waals surface area (Å²) in [5.41, 5.74) is 0.857. The third-order valence-corrected chi connectivity index (χ3v) is 10.6. The first-order chi connectivity index (χ1) is 29.2. The summed E-state index contributed by atoms with van der Waals surface area (Å²) in [5.74, 6) is -4.31. The Morgan fingerprint density at radius 2 is 1.64 bits per heavy atom. The minimum Gasteiger partial charge on any atom is -0.508 e. The predicted molar refractivity (Wildman–Crippen MR) is 220 cm³/mol. The van der Waals surface area contributed by atoms with Crippen LogP contribution in [0.5, 0.6) is 11.5 Å². The van der Waals surface area contributed by atoms with Gasteiger partial charge in [-0.2, -0.15) is 0 Å². The number of aliphatic hydroxyl groups excluding tert-OH is 6. The number of aromatic hydroxyl groups is 2. The van der Waals surface area contributed by atoms with Gasteiger partial charge in [0.2, 0.25) is 5.79 Å². The molecule has 0 radical (unpaired) electrons. The second-order valence-electron chi connectivity index (χ2n) is 15.1. The van der Waals surface area contributed by atoms with E-state index in [-0.39, 0.29) is 29.9 Å². The summed E-state index contributed by atoms with van der Waals surface area (Å²) in [6.07, 6.45) is 7.29. The average Bonchev–Trinajstić information content (AvgIpc) is 3.60. The molecule has 0 aliphatic carbocycles. The number of allylic oxidation sites excluding steroid dienone is 10. The highest BCUT2D eigenvalue weighted by Gasteiger charge is 2.63. The minimum absolute atomic E-state index is 0.112. The van der Waals surface area contributed by atoms with Gasteiger partial charge in [0, 0.05) is 18.2 Å². The zero-order valence-electron chi connectivity index (χ0n) is 34.8. The molecule has 8 N–H and O–H groups in total. The first-order valence-electron chi connectivity index (χ1n) is 20.4. The number of phenolic OH excluding ortho intramolecular Hbond substituents is 2. The lowest BCUT2D eigenvalue weighted by molar-refractivity contribution is -0.395. The van der Waals surface area contributed by atoms with Crippen molar-refractivity contribution in [1.82, 2.24) is 0 Å². The normalized spacial score (nSPS) is 30.7. The number of carbonyl (C=O) groups excluding carboxylic acids is 2. The molecule has 0 amide bonds. The molecule has 0 saturated carbocycles. The molecule has 336 valence electrons. The van der Waals surface area contributed by atoms with Crippen LogP contribution in [0.4, 0.5) is 0 Å². The SMILES string of the molecule is C/C=C/C=C/C=C/C(=O)OC[C@H]1O[C@@H](O[C@@H]2[C@H](OC(=O)/C=C/C=C/C[C@H](O)/C(C)=C/C=C/CC[C@H](C)CC)[C@@H](O)[C@]3(OCc4cc(O)cc(O)c43)O[C@H]2CO)[C@H](O)[C@@H](O)[C@H]1O. The average molecular weight is 857 g/mol. The van der Waals surface area contributed by atoms with Gasteiger partial charge in [0.05, 0.1) is 24.9 Å². The summed E-state index contributed by atoms with van der Waals surface area (Å²) in [5, 5.41) is 86.5. The van der Waals surface area contributed by atoms with E-state index in [0.29, 0.717) is 5.92 Å². The molecule has 61 heavy (non-hydrogen) atoms. The van der Waals surface area contributed by atoms with Crippen LogP contribution in [-0.2, 0) is 50.4 Å². The maximum absolute atomic E-state index is 13.4. The maximum atomic E-state index is 13.4. The summed E-state index contributed by atoms with van der Waals surface area (Å²) < 4.78 is 34.6. The molecule has 16 nitrogen and oxygen atoms in total. The number of ether oxygens (including phenoxy) is 6. The number of esters is 2. The molecule has 4 rings (SSSR count). The van der Waals surface area contributed by atoms with Gasteiger partial charge in [-0.15, -0.1) is 0 Å². The number of phenols is 2. The number of carbonyl (C=O) groups is 2. The van der Waals surface area contributed by atoms with Gasteiger partial charge in [-0.3, -0.25) is 0 Å². The van der Waals surface area contributed by atoms with Crippen LogP contribution in [0.1, 0.15) is 64.5 Å². The molecule has 1 aromatic carbocycles. The first kappa shape index (κ1) is 49.2. The molecule has 1 spiro atoms. The van der Waals surface area contributed by atoms with Crippen molar-refractivity contribution >= 4 is 11.9 Å². The minimum atomic E-state index is -2.27. The highest BCUT2D eigenvalue weighted by atomic mass is 16.8. The summed E-state index contributed by atoms with van der Waals surface area (Å²) in [4.78, 5) is 25.7. The monoisotopic (exact) mass is 856 g/mol. The van der Waals surface area contributed by atoms with E-state index in [0.717, 1.165) is 43.1 Å². The standard InChI is InChI=1S/C45H60O16/c1-5-7-8-9-15-20-35(50)56-26-34-38(52)39(53)40(54)44(58-34)60-41-33(24-46)61-45(37-29(25-57-45)22-30(47)23-32(37)49)43(55)42(41)59-36(51)21-16-11-14-19-31(48)28(4)18-13-10-12-17-27(3)6-2/h5,7-11,13-16,18,20-23,27,31,33-34,38-44,46-49,52-55H,6,12,17,19,24-26H2,1-4H3/b7-5+,9-8+,13-10+,14-11+,20-15+,21-16+,28-18+/t27-,31+,33+,34-,38+,39+,40-,41+,42+,43-,44+,45-/m1/s1. The summed E-state index contributed by atoms with van der Waals surface area (Å²) in [6.45, 7) is 6.23. The number of rotatable bonds is 19. The third-order valence-electron chi connectivity index (χ3n) is 10.6. The lowest BCUT2D eigenvalue weighted by Crippen LogP contribution is -2.67. The molecule has 3 aliphatic heterocycles. The Kier molecular flexibility index (Phi) is 19.1. The third kappa shape index (κ3) is 13.0. The molecule has 16 heteroatoms. The van der Waals surface area contributed by atoms with E-state index < -0.39 is 97.9 Å². The van der Waals surface area contributed by atoms with Crippen molar-refractivity contribution in [2.75, 3.05) is 13.2 Å². The molecule has 12 atom stereocenters. The van der Waals surface area contributed by atoms with Crippen LogP contribution in [0.25, 0.3) is 0 Å². The summed E-state index contributed by atoms with van der Waals surface area (Å²) >= 11 is 0.